The molecule has 0 aliphatic carbocycles. The minimum absolute atomic E-state index is 0.131. The van der Waals surface area contributed by atoms with E-state index < -0.39 is 10.0 Å². The van der Waals surface area contributed by atoms with Crippen LogP contribution < -0.4 is 10.6 Å². The zero-order valence-electron chi connectivity index (χ0n) is 15.8. The number of anilines is 2. The molecule has 0 amide bonds. The second-order valence-corrected chi connectivity index (χ2v) is 8.63. The second-order valence-electron chi connectivity index (χ2n) is 7.06. The van der Waals surface area contributed by atoms with Gasteiger partial charge in [0.05, 0.1) is 11.4 Å². The average molecular weight is 395 g/mol. The Balaban J connectivity index is 1.70. The first-order valence-corrected chi connectivity index (χ1v) is 10.4. The number of hydrogen-bond donors (Lipinski definition) is 3. The van der Waals surface area contributed by atoms with Crippen LogP contribution in [0.25, 0.3) is 11.3 Å². The molecule has 0 unspecified atom stereocenters. The van der Waals surface area contributed by atoms with Crippen LogP contribution >= 0.6 is 0 Å². The highest BCUT2D eigenvalue weighted by atomic mass is 32.2. The minimum atomic E-state index is -3.83. The molecular weight excluding hydrogens is 374 g/mol. The van der Waals surface area contributed by atoms with Crippen molar-refractivity contribution in [1.29, 1.82) is 0 Å². The largest absolute Gasteiger partial charge is 0.325 e. The van der Waals surface area contributed by atoms with Crippen molar-refractivity contribution in [3.8, 4) is 11.3 Å². The highest BCUT2D eigenvalue weighted by Crippen LogP contribution is 2.36. The summed E-state index contributed by atoms with van der Waals surface area (Å²) in [5, 5.41) is 13.3. The lowest BCUT2D eigenvalue weighted by atomic mass is 10.0. The van der Waals surface area contributed by atoms with E-state index in [1.54, 1.807) is 12.1 Å². The Bertz CT molecular complexity index is 1160. The van der Waals surface area contributed by atoms with E-state index in [2.05, 4.69) is 39.1 Å². The number of H-pyrrole nitrogens is 1. The first kappa shape index (κ1) is 18.2. The number of sulfonamides is 1. The van der Waals surface area contributed by atoms with E-state index in [0.717, 1.165) is 11.4 Å². The molecule has 2 aromatic carbocycles. The Morgan fingerprint density at radius 1 is 1.07 bits per heavy atom. The molecule has 0 saturated heterocycles. The number of aromatic amines is 1. The zero-order chi connectivity index (χ0) is 19.9. The molecule has 1 aliphatic rings. The predicted octanol–water partition coefficient (Wildman–Crippen LogP) is 4.09. The minimum Gasteiger partial charge on any atom is -0.325 e. The number of guanidine groups is 1. The van der Waals surface area contributed by atoms with Gasteiger partial charge in [-0.1, -0.05) is 38.1 Å². The summed E-state index contributed by atoms with van der Waals surface area (Å²) in [7, 11) is -3.83. The fourth-order valence-corrected chi connectivity index (χ4v) is 4.20. The van der Waals surface area contributed by atoms with Crippen molar-refractivity contribution in [2.24, 2.45) is 4.40 Å². The smallest absolute Gasteiger partial charge is 0.287 e. The number of aryl methyl sites for hydroxylation is 1. The van der Waals surface area contributed by atoms with Gasteiger partial charge in [-0.2, -0.15) is 13.5 Å². The van der Waals surface area contributed by atoms with Crippen LogP contribution in [0, 0.1) is 6.92 Å². The Morgan fingerprint density at radius 3 is 2.46 bits per heavy atom. The van der Waals surface area contributed by atoms with Crippen molar-refractivity contribution >= 4 is 27.4 Å². The van der Waals surface area contributed by atoms with Crippen LogP contribution in [0.5, 0.6) is 0 Å². The molecule has 0 radical (unpaired) electrons. The van der Waals surface area contributed by atoms with Gasteiger partial charge in [0.2, 0.25) is 5.96 Å². The first-order valence-electron chi connectivity index (χ1n) is 8.98. The summed E-state index contributed by atoms with van der Waals surface area (Å²) in [6, 6.07) is 14.8. The van der Waals surface area contributed by atoms with Crippen molar-refractivity contribution in [3.05, 3.63) is 59.8 Å². The van der Waals surface area contributed by atoms with Crippen molar-refractivity contribution in [1.82, 2.24) is 10.2 Å². The van der Waals surface area contributed by atoms with Gasteiger partial charge in [-0.25, -0.2) is 0 Å². The third kappa shape index (κ3) is 3.38. The molecule has 1 aromatic heterocycles. The van der Waals surface area contributed by atoms with Gasteiger partial charge in [-0.15, -0.1) is 4.40 Å². The molecule has 0 saturated carbocycles. The van der Waals surface area contributed by atoms with Crippen LogP contribution in [0.2, 0.25) is 0 Å². The fourth-order valence-electron chi connectivity index (χ4n) is 3.10. The van der Waals surface area contributed by atoms with Gasteiger partial charge in [0.25, 0.3) is 10.0 Å². The second kappa shape index (κ2) is 6.79. The highest BCUT2D eigenvalue weighted by Gasteiger charge is 2.28. The summed E-state index contributed by atoms with van der Waals surface area (Å²) in [6.07, 6.45) is 0. The van der Waals surface area contributed by atoms with E-state index in [-0.39, 0.29) is 10.9 Å². The molecule has 3 N–H and O–H groups in total. The van der Waals surface area contributed by atoms with E-state index in [4.69, 9.17) is 0 Å². The molecule has 28 heavy (non-hydrogen) atoms. The number of hydrogen-bond acceptors (Lipinski definition) is 5. The number of benzene rings is 2. The third-order valence-corrected chi connectivity index (χ3v) is 5.90. The number of aromatic nitrogens is 2. The molecule has 2 heterocycles. The fraction of sp³-hybridized carbons (Fsp3) is 0.200. The predicted molar refractivity (Wildman–Crippen MR) is 111 cm³/mol. The summed E-state index contributed by atoms with van der Waals surface area (Å²) >= 11 is 0. The molecule has 0 fully saturated rings. The van der Waals surface area contributed by atoms with Crippen LogP contribution in [-0.2, 0) is 10.0 Å². The van der Waals surface area contributed by atoms with Crippen LogP contribution in [-0.4, -0.2) is 24.6 Å². The molecule has 0 atom stereocenters. The van der Waals surface area contributed by atoms with Crippen molar-refractivity contribution in [2.45, 2.75) is 31.6 Å². The highest BCUT2D eigenvalue weighted by molar-refractivity contribution is 7.90. The van der Waals surface area contributed by atoms with Crippen LogP contribution in [0.4, 0.5) is 11.4 Å². The summed E-state index contributed by atoms with van der Waals surface area (Å²) in [4.78, 5) is 0.131. The lowest BCUT2D eigenvalue weighted by Crippen LogP contribution is -2.28. The SMILES string of the molecule is Cc1cc(-c2cccc3c2NC(Nc2ccc(C(C)C)cc2)=NS3(=O)=O)n[nH]1. The average Bonchev–Trinajstić information content (AvgIpc) is 3.07. The van der Waals surface area contributed by atoms with E-state index in [1.807, 2.05) is 43.3 Å². The third-order valence-electron chi connectivity index (χ3n) is 4.58. The summed E-state index contributed by atoms with van der Waals surface area (Å²) in [5.74, 6) is 0.579. The molecule has 0 spiro atoms. The number of para-hydroxylation sites is 1. The number of nitrogens with one attached hydrogen (secondary N) is 3. The number of rotatable bonds is 3. The standard InChI is InChI=1S/C20H21N5O2S/c1-12(2)14-7-9-15(10-8-14)21-20-22-19-16(17-11-13(3)23-24-17)5-4-6-18(19)28(26,27)25-20/h4-12H,1-3H3,(H,23,24)(H2,21,22,25). The van der Waals surface area contributed by atoms with Gasteiger partial charge in [-0.05, 0) is 42.7 Å². The summed E-state index contributed by atoms with van der Waals surface area (Å²) in [6.45, 7) is 6.14. The van der Waals surface area contributed by atoms with Gasteiger partial charge in [-0.3, -0.25) is 5.10 Å². The quantitative estimate of drug-likeness (QED) is 0.620. The van der Waals surface area contributed by atoms with Crippen LogP contribution in [0.1, 0.15) is 31.0 Å². The molecule has 144 valence electrons. The molecule has 3 aromatic rings. The Kier molecular flexibility index (Phi) is 4.43. The first-order chi connectivity index (χ1) is 13.3. The molecule has 1 aliphatic heterocycles. The normalized spacial score (nSPS) is 14.9. The van der Waals surface area contributed by atoms with Crippen molar-refractivity contribution < 1.29 is 8.42 Å². The van der Waals surface area contributed by atoms with E-state index in [1.165, 1.54) is 5.56 Å². The maximum atomic E-state index is 12.7. The van der Waals surface area contributed by atoms with Gasteiger partial charge in [0, 0.05) is 16.9 Å². The molecule has 8 heteroatoms. The Morgan fingerprint density at radius 2 is 1.82 bits per heavy atom. The molecule has 0 bridgehead atoms. The van der Waals surface area contributed by atoms with Gasteiger partial charge < -0.3 is 10.6 Å². The lowest BCUT2D eigenvalue weighted by Gasteiger charge is -2.21. The molecule has 7 nitrogen and oxygen atoms in total. The van der Waals surface area contributed by atoms with E-state index in [0.29, 0.717) is 22.9 Å². The van der Waals surface area contributed by atoms with Crippen LogP contribution in [0.15, 0.2) is 57.8 Å². The maximum absolute atomic E-state index is 12.7. The zero-order valence-corrected chi connectivity index (χ0v) is 16.6. The van der Waals surface area contributed by atoms with Gasteiger partial charge in [0.1, 0.15) is 4.90 Å². The Labute approximate surface area is 164 Å². The van der Waals surface area contributed by atoms with Crippen molar-refractivity contribution in [2.75, 3.05) is 10.6 Å². The maximum Gasteiger partial charge on any atom is 0.287 e. The monoisotopic (exact) mass is 395 g/mol. The molecular formula is C20H21N5O2S. The molecule has 4 rings (SSSR count). The lowest BCUT2D eigenvalue weighted by molar-refractivity contribution is 0.598. The summed E-state index contributed by atoms with van der Waals surface area (Å²) in [5.41, 5.74) is 4.67. The topological polar surface area (TPSA) is 99.2 Å². The Hall–Kier alpha value is -3.13. The van der Waals surface area contributed by atoms with Crippen LogP contribution in [0.3, 0.4) is 0 Å². The number of fused-ring (bicyclic) bond motifs is 1. The van der Waals surface area contributed by atoms with Gasteiger partial charge >= 0.3 is 0 Å². The number of nitrogens with zero attached hydrogens (tertiary/aromatic N) is 2. The van der Waals surface area contributed by atoms with Crippen molar-refractivity contribution in [3.63, 3.8) is 0 Å². The van der Waals surface area contributed by atoms with E-state index >= 15 is 0 Å². The van der Waals surface area contributed by atoms with Gasteiger partial charge in [0.15, 0.2) is 0 Å². The van der Waals surface area contributed by atoms with E-state index in [9.17, 15) is 8.42 Å². The summed E-state index contributed by atoms with van der Waals surface area (Å²) < 4.78 is 29.3.